The molecule has 3 rings (SSSR count). The zero-order chi connectivity index (χ0) is 12.5. The molecule has 3 heterocycles. The largest absolute Gasteiger partial charge is 0.298 e. The van der Waals surface area contributed by atoms with Crippen molar-refractivity contribution in [1.29, 1.82) is 0 Å². The van der Waals surface area contributed by atoms with Crippen LogP contribution in [-0.2, 0) is 0 Å². The number of rotatable bonds is 3. The van der Waals surface area contributed by atoms with Crippen LogP contribution in [0.5, 0.6) is 0 Å². The van der Waals surface area contributed by atoms with Gasteiger partial charge in [-0.3, -0.25) is 9.80 Å². The molecule has 1 aromatic rings. The molecule has 0 N–H and O–H groups in total. The van der Waals surface area contributed by atoms with E-state index in [1.54, 1.807) is 4.88 Å². The Bertz CT molecular complexity index is 376. The van der Waals surface area contributed by atoms with Crippen LogP contribution < -0.4 is 0 Å². The molecule has 2 nitrogen and oxygen atoms in total. The van der Waals surface area contributed by atoms with Crippen LogP contribution in [0.25, 0.3) is 0 Å². The molecule has 2 saturated heterocycles. The average Bonchev–Trinajstić information content (AvgIpc) is 3.01. The van der Waals surface area contributed by atoms with Crippen LogP contribution in [0.2, 0.25) is 0 Å². The Morgan fingerprint density at radius 2 is 2.33 bits per heavy atom. The standard InChI is InChI=1S/C15H24N2S/c1-3-14(15-7-5-9-18-15)17-11-13-6-4-8-16(13)10-12(17)2/h5,7,9,12-14H,3-4,6,8,10-11H2,1-2H3. The number of fused-ring (bicyclic) bond motifs is 1. The van der Waals surface area contributed by atoms with Gasteiger partial charge in [0.25, 0.3) is 0 Å². The molecule has 0 aromatic carbocycles. The van der Waals surface area contributed by atoms with E-state index in [1.165, 1.54) is 38.9 Å². The Labute approximate surface area is 115 Å². The van der Waals surface area contributed by atoms with Gasteiger partial charge in [-0.1, -0.05) is 13.0 Å². The summed E-state index contributed by atoms with van der Waals surface area (Å²) in [7, 11) is 0. The van der Waals surface area contributed by atoms with Gasteiger partial charge in [0.15, 0.2) is 0 Å². The summed E-state index contributed by atoms with van der Waals surface area (Å²) in [6.45, 7) is 8.62. The molecule has 0 amide bonds. The van der Waals surface area contributed by atoms with Crippen LogP contribution in [0, 0.1) is 0 Å². The van der Waals surface area contributed by atoms with E-state index < -0.39 is 0 Å². The second-order valence-electron chi connectivity index (χ2n) is 5.78. The molecule has 0 saturated carbocycles. The van der Waals surface area contributed by atoms with Gasteiger partial charge in [-0.2, -0.15) is 0 Å². The Morgan fingerprint density at radius 1 is 1.44 bits per heavy atom. The zero-order valence-corrected chi connectivity index (χ0v) is 12.3. The van der Waals surface area contributed by atoms with E-state index in [-0.39, 0.29) is 0 Å². The van der Waals surface area contributed by atoms with Crippen molar-refractivity contribution >= 4 is 11.3 Å². The van der Waals surface area contributed by atoms with E-state index in [0.29, 0.717) is 12.1 Å². The highest BCUT2D eigenvalue weighted by atomic mass is 32.1. The minimum absolute atomic E-state index is 0.641. The third kappa shape index (κ3) is 2.24. The van der Waals surface area contributed by atoms with Gasteiger partial charge < -0.3 is 0 Å². The van der Waals surface area contributed by atoms with Crippen LogP contribution in [0.1, 0.15) is 44.0 Å². The van der Waals surface area contributed by atoms with Gasteiger partial charge in [0, 0.05) is 36.1 Å². The van der Waals surface area contributed by atoms with Crippen LogP contribution in [0.4, 0.5) is 0 Å². The van der Waals surface area contributed by atoms with Gasteiger partial charge in [-0.25, -0.2) is 0 Å². The van der Waals surface area contributed by atoms with E-state index >= 15 is 0 Å². The van der Waals surface area contributed by atoms with E-state index in [4.69, 9.17) is 0 Å². The number of thiophene rings is 1. The molecular weight excluding hydrogens is 240 g/mol. The third-order valence-electron chi connectivity index (χ3n) is 4.64. The predicted molar refractivity (Wildman–Crippen MR) is 78.1 cm³/mol. The SMILES string of the molecule is CCC(c1cccs1)N1CC2CCCN2CC1C. The van der Waals surface area contributed by atoms with Crippen LogP contribution in [-0.4, -0.2) is 41.5 Å². The molecule has 3 atom stereocenters. The van der Waals surface area contributed by atoms with Gasteiger partial charge in [0.05, 0.1) is 0 Å². The normalized spacial score (nSPS) is 31.4. The first-order valence-electron chi connectivity index (χ1n) is 7.32. The average molecular weight is 264 g/mol. The summed E-state index contributed by atoms with van der Waals surface area (Å²) >= 11 is 1.92. The summed E-state index contributed by atoms with van der Waals surface area (Å²) in [6, 6.07) is 6.68. The lowest BCUT2D eigenvalue weighted by atomic mass is 10.0. The van der Waals surface area contributed by atoms with E-state index in [9.17, 15) is 0 Å². The summed E-state index contributed by atoms with van der Waals surface area (Å²) in [5.41, 5.74) is 0. The molecule has 3 heteroatoms. The van der Waals surface area contributed by atoms with E-state index in [0.717, 1.165) is 6.04 Å². The van der Waals surface area contributed by atoms with Crippen molar-refractivity contribution in [2.75, 3.05) is 19.6 Å². The maximum absolute atomic E-state index is 2.76. The molecule has 0 radical (unpaired) electrons. The summed E-state index contributed by atoms with van der Waals surface area (Å²) in [6.07, 6.45) is 4.04. The van der Waals surface area contributed by atoms with E-state index in [1.807, 2.05) is 11.3 Å². The number of hydrogen-bond acceptors (Lipinski definition) is 3. The topological polar surface area (TPSA) is 6.48 Å². The maximum atomic E-state index is 2.76. The third-order valence-corrected chi connectivity index (χ3v) is 5.62. The van der Waals surface area contributed by atoms with E-state index in [2.05, 4.69) is 41.2 Å². The van der Waals surface area contributed by atoms with Crippen molar-refractivity contribution in [3.63, 3.8) is 0 Å². The highest BCUT2D eigenvalue weighted by Crippen LogP contribution is 2.34. The first kappa shape index (κ1) is 12.6. The highest BCUT2D eigenvalue weighted by Gasteiger charge is 2.37. The van der Waals surface area contributed by atoms with Crippen molar-refractivity contribution in [2.45, 2.75) is 51.2 Å². The number of nitrogens with zero attached hydrogens (tertiary/aromatic N) is 2. The Balaban J connectivity index is 1.77. The molecular formula is C15H24N2S. The second-order valence-corrected chi connectivity index (χ2v) is 6.76. The Morgan fingerprint density at radius 3 is 3.06 bits per heavy atom. The lowest BCUT2D eigenvalue weighted by Gasteiger charge is -2.45. The lowest BCUT2D eigenvalue weighted by molar-refractivity contribution is 0.0269. The quantitative estimate of drug-likeness (QED) is 0.826. The minimum atomic E-state index is 0.641. The number of hydrogen-bond donors (Lipinski definition) is 0. The van der Waals surface area contributed by atoms with Crippen LogP contribution in [0.15, 0.2) is 17.5 Å². The van der Waals surface area contributed by atoms with Gasteiger partial charge >= 0.3 is 0 Å². The second kappa shape index (κ2) is 5.32. The summed E-state index contributed by atoms with van der Waals surface area (Å²) in [5, 5.41) is 2.22. The summed E-state index contributed by atoms with van der Waals surface area (Å²) < 4.78 is 0. The van der Waals surface area contributed by atoms with Crippen LogP contribution in [0.3, 0.4) is 0 Å². The van der Waals surface area contributed by atoms with Crippen molar-refractivity contribution < 1.29 is 0 Å². The summed E-state index contributed by atoms with van der Waals surface area (Å²) in [5.74, 6) is 0. The summed E-state index contributed by atoms with van der Waals surface area (Å²) in [4.78, 5) is 7.02. The first-order valence-corrected chi connectivity index (χ1v) is 8.20. The highest BCUT2D eigenvalue weighted by molar-refractivity contribution is 7.10. The fraction of sp³-hybridized carbons (Fsp3) is 0.733. The Hall–Kier alpha value is -0.380. The predicted octanol–water partition coefficient (Wildman–Crippen LogP) is 3.37. The smallest absolute Gasteiger partial charge is 0.0442 e. The molecule has 2 aliphatic heterocycles. The Kier molecular flexibility index (Phi) is 3.73. The molecule has 1 aromatic heterocycles. The molecule has 0 bridgehead atoms. The molecule has 2 fully saturated rings. The van der Waals surface area contributed by atoms with Crippen LogP contribution >= 0.6 is 11.3 Å². The van der Waals surface area contributed by atoms with Gasteiger partial charge in [-0.15, -0.1) is 11.3 Å². The maximum Gasteiger partial charge on any atom is 0.0442 e. The molecule has 0 aliphatic carbocycles. The molecule has 18 heavy (non-hydrogen) atoms. The zero-order valence-electron chi connectivity index (χ0n) is 11.5. The van der Waals surface area contributed by atoms with Gasteiger partial charge in [-0.05, 0) is 44.2 Å². The first-order chi connectivity index (χ1) is 8.79. The minimum Gasteiger partial charge on any atom is -0.298 e. The molecule has 100 valence electrons. The van der Waals surface area contributed by atoms with Crippen molar-refractivity contribution in [1.82, 2.24) is 9.80 Å². The van der Waals surface area contributed by atoms with Crippen molar-refractivity contribution in [3.8, 4) is 0 Å². The monoisotopic (exact) mass is 264 g/mol. The lowest BCUT2D eigenvalue weighted by Crippen LogP contribution is -2.55. The van der Waals surface area contributed by atoms with Crippen molar-refractivity contribution in [3.05, 3.63) is 22.4 Å². The van der Waals surface area contributed by atoms with Crippen molar-refractivity contribution in [2.24, 2.45) is 0 Å². The fourth-order valence-corrected chi connectivity index (χ4v) is 4.65. The fourth-order valence-electron chi connectivity index (χ4n) is 3.72. The molecule has 0 spiro atoms. The van der Waals surface area contributed by atoms with Gasteiger partial charge in [0.1, 0.15) is 0 Å². The van der Waals surface area contributed by atoms with Gasteiger partial charge in [0.2, 0.25) is 0 Å². The molecule has 2 aliphatic rings. The number of piperazine rings is 1. The molecule has 3 unspecified atom stereocenters.